The standard InChI is InChI=1S/C16H25N3OS/c1-14(8-13-21-15-6-3-2-4-7-15)18-9-5-10-19(12-11-18)16(17)20/h2-4,6-7,14H,5,8-13H2,1H3,(H2,17,20)/t14-/m1/s1. The summed E-state index contributed by atoms with van der Waals surface area (Å²) in [5.74, 6) is 1.13. The van der Waals surface area contributed by atoms with E-state index < -0.39 is 0 Å². The highest BCUT2D eigenvalue weighted by atomic mass is 32.2. The fourth-order valence-corrected chi connectivity index (χ4v) is 3.69. The van der Waals surface area contributed by atoms with Crippen LogP contribution in [0.15, 0.2) is 35.2 Å². The van der Waals surface area contributed by atoms with Crippen LogP contribution in [0.3, 0.4) is 0 Å². The van der Waals surface area contributed by atoms with Gasteiger partial charge in [-0.3, -0.25) is 4.90 Å². The van der Waals surface area contributed by atoms with E-state index in [-0.39, 0.29) is 6.03 Å². The molecule has 1 atom stereocenters. The topological polar surface area (TPSA) is 49.6 Å². The van der Waals surface area contributed by atoms with Crippen molar-refractivity contribution in [3.05, 3.63) is 30.3 Å². The van der Waals surface area contributed by atoms with Crippen LogP contribution in [0.5, 0.6) is 0 Å². The van der Waals surface area contributed by atoms with Gasteiger partial charge in [0.2, 0.25) is 0 Å². The summed E-state index contributed by atoms with van der Waals surface area (Å²) in [4.78, 5) is 16.8. The highest BCUT2D eigenvalue weighted by molar-refractivity contribution is 7.99. The molecule has 2 rings (SSSR count). The maximum atomic E-state index is 11.2. The van der Waals surface area contributed by atoms with Crippen LogP contribution in [0, 0.1) is 0 Å². The molecule has 0 aliphatic carbocycles. The lowest BCUT2D eigenvalue weighted by molar-refractivity contribution is 0.196. The van der Waals surface area contributed by atoms with Gasteiger partial charge in [0.1, 0.15) is 0 Å². The molecule has 1 aromatic carbocycles. The average Bonchev–Trinajstić information content (AvgIpc) is 2.74. The highest BCUT2D eigenvalue weighted by Crippen LogP contribution is 2.20. The normalized spacial score (nSPS) is 18.2. The lowest BCUT2D eigenvalue weighted by Gasteiger charge is -2.27. The summed E-state index contributed by atoms with van der Waals surface area (Å²) in [5.41, 5.74) is 5.37. The van der Waals surface area contributed by atoms with Crippen LogP contribution in [-0.2, 0) is 0 Å². The predicted molar refractivity (Wildman–Crippen MR) is 88.6 cm³/mol. The Kier molecular flexibility index (Phi) is 6.39. The second-order valence-corrected chi connectivity index (χ2v) is 6.68. The van der Waals surface area contributed by atoms with Crippen LogP contribution >= 0.6 is 11.8 Å². The van der Waals surface area contributed by atoms with Crippen molar-refractivity contribution >= 4 is 17.8 Å². The Morgan fingerprint density at radius 3 is 2.71 bits per heavy atom. The number of hydrogen-bond acceptors (Lipinski definition) is 3. The lowest BCUT2D eigenvalue weighted by atomic mass is 10.2. The maximum Gasteiger partial charge on any atom is 0.314 e. The molecule has 0 aromatic heterocycles. The van der Waals surface area contributed by atoms with Gasteiger partial charge in [0.05, 0.1) is 0 Å². The smallest absolute Gasteiger partial charge is 0.314 e. The Labute approximate surface area is 131 Å². The molecule has 1 fully saturated rings. The fraction of sp³-hybridized carbons (Fsp3) is 0.562. The fourth-order valence-electron chi connectivity index (χ4n) is 2.65. The van der Waals surface area contributed by atoms with Gasteiger partial charge in [-0.2, -0.15) is 0 Å². The van der Waals surface area contributed by atoms with Crippen molar-refractivity contribution in [2.45, 2.75) is 30.7 Å². The minimum atomic E-state index is -0.288. The Hall–Kier alpha value is -1.20. The number of nitrogens with zero attached hydrogens (tertiary/aromatic N) is 2. The molecule has 1 aliphatic rings. The van der Waals surface area contributed by atoms with Gasteiger partial charge in [0.25, 0.3) is 0 Å². The first-order valence-electron chi connectivity index (χ1n) is 7.63. The molecule has 2 amide bonds. The number of urea groups is 1. The van der Waals surface area contributed by atoms with E-state index >= 15 is 0 Å². The van der Waals surface area contributed by atoms with Crippen LogP contribution in [-0.4, -0.2) is 53.8 Å². The van der Waals surface area contributed by atoms with Crippen molar-refractivity contribution < 1.29 is 4.79 Å². The Morgan fingerprint density at radius 1 is 1.24 bits per heavy atom. The van der Waals surface area contributed by atoms with Gasteiger partial charge in [-0.05, 0) is 37.7 Å². The van der Waals surface area contributed by atoms with Crippen LogP contribution in [0.2, 0.25) is 0 Å². The number of hydrogen-bond donors (Lipinski definition) is 1. The van der Waals surface area contributed by atoms with Gasteiger partial charge in [-0.1, -0.05) is 18.2 Å². The molecule has 0 bridgehead atoms. The summed E-state index contributed by atoms with van der Waals surface area (Å²) >= 11 is 1.91. The number of thioether (sulfide) groups is 1. The van der Waals surface area contributed by atoms with Gasteiger partial charge in [0.15, 0.2) is 0 Å². The predicted octanol–water partition coefficient (Wildman–Crippen LogP) is 2.64. The second kappa shape index (κ2) is 8.29. The summed E-state index contributed by atoms with van der Waals surface area (Å²) < 4.78 is 0. The van der Waals surface area contributed by atoms with Crippen molar-refractivity contribution in [3.63, 3.8) is 0 Å². The minimum Gasteiger partial charge on any atom is -0.351 e. The highest BCUT2D eigenvalue weighted by Gasteiger charge is 2.20. The summed E-state index contributed by atoms with van der Waals surface area (Å²) in [7, 11) is 0. The first-order valence-corrected chi connectivity index (χ1v) is 8.61. The van der Waals surface area contributed by atoms with E-state index in [1.165, 1.54) is 4.90 Å². The number of amides is 2. The van der Waals surface area contributed by atoms with Crippen molar-refractivity contribution in [1.29, 1.82) is 0 Å². The number of benzene rings is 1. The van der Waals surface area contributed by atoms with Crippen molar-refractivity contribution in [3.8, 4) is 0 Å². The number of rotatable bonds is 5. The monoisotopic (exact) mass is 307 g/mol. The Balaban J connectivity index is 1.73. The molecule has 1 aliphatic heterocycles. The summed E-state index contributed by atoms with van der Waals surface area (Å²) in [5, 5.41) is 0. The molecule has 116 valence electrons. The molecule has 2 N–H and O–H groups in total. The first-order chi connectivity index (χ1) is 10.2. The lowest BCUT2D eigenvalue weighted by Crippen LogP contribution is -2.40. The molecule has 0 saturated carbocycles. The molecule has 0 radical (unpaired) electrons. The van der Waals surface area contributed by atoms with Crippen molar-refractivity contribution in [2.75, 3.05) is 31.9 Å². The number of nitrogens with two attached hydrogens (primary N) is 1. The molecular weight excluding hydrogens is 282 g/mol. The van der Waals surface area contributed by atoms with Crippen molar-refractivity contribution in [2.24, 2.45) is 5.73 Å². The van der Waals surface area contributed by atoms with Gasteiger partial charge in [0, 0.05) is 37.1 Å². The summed E-state index contributed by atoms with van der Waals surface area (Å²) in [6.45, 7) is 5.81. The third-order valence-electron chi connectivity index (χ3n) is 4.01. The average molecular weight is 307 g/mol. The SMILES string of the molecule is C[C@H](CCSc1ccccc1)N1CCCN(C(N)=O)CC1. The van der Waals surface area contributed by atoms with E-state index in [0.717, 1.165) is 44.8 Å². The van der Waals surface area contributed by atoms with Crippen molar-refractivity contribution in [1.82, 2.24) is 9.80 Å². The second-order valence-electron chi connectivity index (χ2n) is 5.51. The van der Waals surface area contributed by atoms with E-state index in [4.69, 9.17) is 5.73 Å². The minimum absolute atomic E-state index is 0.288. The zero-order chi connectivity index (χ0) is 15.1. The number of carbonyl (C=O) groups excluding carboxylic acids is 1. The molecule has 5 heteroatoms. The zero-order valence-electron chi connectivity index (χ0n) is 12.7. The van der Waals surface area contributed by atoms with E-state index in [1.807, 2.05) is 11.8 Å². The van der Waals surface area contributed by atoms with E-state index in [1.54, 1.807) is 4.90 Å². The van der Waals surface area contributed by atoms with E-state index in [2.05, 4.69) is 42.2 Å². The largest absolute Gasteiger partial charge is 0.351 e. The zero-order valence-corrected chi connectivity index (χ0v) is 13.5. The molecular formula is C16H25N3OS. The molecule has 21 heavy (non-hydrogen) atoms. The van der Waals surface area contributed by atoms with E-state index in [0.29, 0.717) is 6.04 Å². The maximum absolute atomic E-state index is 11.2. The number of primary amides is 1. The third-order valence-corrected chi connectivity index (χ3v) is 5.06. The molecule has 0 unspecified atom stereocenters. The van der Waals surface area contributed by atoms with E-state index in [9.17, 15) is 4.79 Å². The van der Waals surface area contributed by atoms with Gasteiger partial charge < -0.3 is 10.6 Å². The van der Waals surface area contributed by atoms with Crippen LogP contribution in [0.25, 0.3) is 0 Å². The molecule has 4 nitrogen and oxygen atoms in total. The summed E-state index contributed by atoms with van der Waals surface area (Å²) in [6, 6.07) is 10.8. The number of carbonyl (C=O) groups is 1. The Morgan fingerprint density at radius 2 is 2.00 bits per heavy atom. The van der Waals surface area contributed by atoms with Crippen LogP contribution in [0.1, 0.15) is 19.8 Å². The molecule has 1 aromatic rings. The van der Waals surface area contributed by atoms with Crippen LogP contribution in [0.4, 0.5) is 4.79 Å². The molecule has 0 spiro atoms. The third kappa shape index (κ3) is 5.25. The molecule has 1 saturated heterocycles. The molecule has 1 heterocycles. The van der Waals surface area contributed by atoms with Gasteiger partial charge in [-0.15, -0.1) is 11.8 Å². The first kappa shape index (κ1) is 16.2. The Bertz CT molecular complexity index is 440. The van der Waals surface area contributed by atoms with Gasteiger partial charge >= 0.3 is 6.03 Å². The summed E-state index contributed by atoms with van der Waals surface area (Å²) in [6.07, 6.45) is 2.18. The van der Waals surface area contributed by atoms with Gasteiger partial charge in [-0.25, -0.2) is 4.79 Å². The quantitative estimate of drug-likeness (QED) is 0.851. The van der Waals surface area contributed by atoms with Crippen LogP contribution < -0.4 is 5.73 Å².